The van der Waals surface area contributed by atoms with Crippen LogP contribution < -0.4 is 4.74 Å². The van der Waals surface area contributed by atoms with Crippen LogP contribution in [0.4, 0.5) is 4.79 Å². The summed E-state index contributed by atoms with van der Waals surface area (Å²) in [4.78, 5) is 24.5. The van der Waals surface area contributed by atoms with E-state index in [-0.39, 0.29) is 17.9 Å². The third-order valence-electron chi connectivity index (χ3n) is 4.53. The summed E-state index contributed by atoms with van der Waals surface area (Å²) < 4.78 is 15.8. The zero-order chi connectivity index (χ0) is 20.3. The van der Waals surface area contributed by atoms with E-state index in [0.717, 1.165) is 0 Å². The number of azide groups is 1. The lowest BCUT2D eigenvalue weighted by Gasteiger charge is -2.37. The highest BCUT2D eigenvalue weighted by Gasteiger charge is 2.34. The lowest BCUT2D eigenvalue weighted by Crippen LogP contribution is -2.56. The first-order valence-corrected chi connectivity index (χ1v) is 8.79. The van der Waals surface area contributed by atoms with Crippen LogP contribution >= 0.6 is 11.6 Å². The van der Waals surface area contributed by atoms with E-state index in [2.05, 4.69) is 24.7 Å². The van der Waals surface area contributed by atoms with Gasteiger partial charge in [-0.25, -0.2) is 14.8 Å². The van der Waals surface area contributed by atoms with Gasteiger partial charge in [-0.05, 0) is 29.5 Å². The fourth-order valence-corrected chi connectivity index (χ4v) is 3.26. The Kier molecular flexibility index (Phi) is 5.73. The van der Waals surface area contributed by atoms with Crippen molar-refractivity contribution < 1.29 is 19.0 Å². The second-order valence-electron chi connectivity index (χ2n) is 6.54. The Hall–Kier alpha value is -2.81. The second kappa shape index (κ2) is 8.05. The molecule has 10 nitrogen and oxygen atoms in total. The number of fused-ring (bicyclic) bond motifs is 1. The number of pyridine rings is 2. The molecule has 0 radical (unpaired) electrons. The predicted molar refractivity (Wildman–Crippen MR) is 101 cm³/mol. The van der Waals surface area contributed by atoms with E-state index >= 15 is 0 Å². The van der Waals surface area contributed by atoms with Crippen LogP contribution in [0.15, 0.2) is 23.6 Å². The lowest BCUT2D eigenvalue weighted by atomic mass is 9.91. The number of hydrogen-bond donors (Lipinski definition) is 0. The average molecular weight is 407 g/mol. The molecule has 1 fully saturated rings. The van der Waals surface area contributed by atoms with Crippen molar-refractivity contribution in [3.05, 3.63) is 39.6 Å². The van der Waals surface area contributed by atoms with Crippen molar-refractivity contribution in [2.24, 2.45) is 5.11 Å². The zero-order valence-electron chi connectivity index (χ0n) is 15.6. The number of halogens is 1. The minimum Gasteiger partial charge on any atom is -0.470 e. The van der Waals surface area contributed by atoms with Gasteiger partial charge in [-0.2, -0.15) is 0 Å². The lowest BCUT2D eigenvalue weighted by molar-refractivity contribution is 0.0169. The zero-order valence-corrected chi connectivity index (χ0v) is 16.4. The van der Waals surface area contributed by atoms with Crippen molar-refractivity contribution in [3.63, 3.8) is 0 Å². The van der Waals surface area contributed by atoms with E-state index in [1.54, 1.807) is 25.4 Å². The number of nitrogens with zero attached hydrogens (tertiary/aromatic N) is 6. The number of carbonyl (C=O) groups excluding carboxylic acids is 1. The quantitative estimate of drug-likeness (QED) is 0.314. The molecule has 2 aromatic heterocycles. The molecule has 1 amide bonds. The van der Waals surface area contributed by atoms with Crippen LogP contribution in [0.1, 0.15) is 12.5 Å². The highest BCUT2D eigenvalue weighted by molar-refractivity contribution is 6.30. The van der Waals surface area contributed by atoms with Gasteiger partial charge in [0.2, 0.25) is 5.88 Å². The van der Waals surface area contributed by atoms with E-state index in [1.165, 1.54) is 19.1 Å². The molecule has 148 valence electrons. The van der Waals surface area contributed by atoms with Crippen molar-refractivity contribution in [2.75, 3.05) is 33.9 Å². The standard InChI is InChI=1S/C17H19ClN6O4/c1-17(9-26-2,22-23-19)13-6-21-15(12-5-20-14(18)4-11(12)13)28-10-7-24(8-10)16(25)27-3/h4-6,10H,7-9H2,1-3H3. The Morgan fingerprint density at radius 2 is 2.14 bits per heavy atom. The van der Waals surface area contributed by atoms with E-state index in [9.17, 15) is 4.79 Å². The first-order chi connectivity index (χ1) is 13.4. The van der Waals surface area contributed by atoms with Gasteiger partial charge in [-0.3, -0.25) is 0 Å². The molecule has 0 spiro atoms. The number of ether oxygens (including phenoxy) is 3. The monoisotopic (exact) mass is 406 g/mol. The van der Waals surface area contributed by atoms with Gasteiger partial charge >= 0.3 is 6.09 Å². The molecule has 0 aliphatic carbocycles. The number of amides is 1. The van der Waals surface area contributed by atoms with Crippen molar-refractivity contribution in [2.45, 2.75) is 18.6 Å². The number of carbonyl (C=O) groups is 1. The summed E-state index contributed by atoms with van der Waals surface area (Å²) in [6.07, 6.45) is 2.53. The van der Waals surface area contributed by atoms with Crippen LogP contribution in [0.3, 0.4) is 0 Å². The van der Waals surface area contributed by atoms with E-state index < -0.39 is 11.6 Å². The predicted octanol–water partition coefficient (Wildman–Crippen LogP) is 3.28. The maximum absolute atomic E-state index is 11.5. The molecule has 1 aliphatic rings. The first-order valence-electron chi connectivity index (χ1n) is 8.41. The van der Waals surface area contributed by atoms with Crippen LogP contribution in [0.5, 0.6) is 5.88 Å². The summed E-state index contributed by atoms with van der Waals surface area (Å²) in [5, 5.41) is 5.50. The fourth-order valence-electron chi connectivity index (χ4n) is 3.10. The van der Waals surface area contributed by atoms with Gasteiger partial charge in [-0.1, -0.05) is 16.7 Å². The van der Waals surface area contributed by atoms with E-state index in [1.807, 2.05) is 0 Å². The normalized spacial score (nSPS) is 16.1. The second-order valence-corrected chi connectivity index (χ2v) is 6.93. The maximum Gasteiger partial charge on any atom is 0.409 e. The first kappa shape index (κ1) is 19.9. The van der Waals surface area contributed by atoms with Gasteiger partial charge < -0.3 is 19.1 Å². The highest BCUT2D eigenvalue weighted by Crippen LogP contribution is 2.36. The van der Waals surface area contributed by atoms with Gasteiger partial charge in [0.25, 0.3) is 0 Å². The largest absolute Gasteiger partial charge is 0.470 e. The Morgan fingerprint density at radius 3 is 2.79 bits per heavy atom. The molecule has 0 N–H and O–H groups in total. The molecule has 2 aromatic rings. The van der Waals surface area contributed by atoms with E-state index in [0.29, 0.717) is 35.3 Å². The number of likely N-dealkylation sites (tertiary alicyclic amines) is 1. The molecule has 28 heavy (non-hydrogen) atoms. The molecule has 11 heteroatoms. The highest BCUT2D eigenvalue weighted by atomic mass is 35.5. The molecule has 1 aliphatic heterocycles. The Bertz CT molecular complexity index is 945. The van der Waals surface area contributed by atoms with Crippen molar-refractivity contribution in [1.29, 1.82) is 0 Å². The average Bonchev–Trinajstić information content (AvgIpc) is 2.63. The summed E-state index contributed by atoms with van der Waals surface area (Å²) in [5.74, 6) is 0.359. The van der Waals surface area contributed by atoms with Gasteiger partial charge in [0.05, 0.1) is 37.7 Å². The summed E-state index contributed by atoms with van der Waals surface area (Å²) in [7, 11) is 2.86. The van der Waals surface area contributed by atoms with E-state index in [4.69, 9.17) is 26.6 Å². The summed E-state index contributed by atoms with van der Waals surface area (Å²) in [5.41, 5.74) is 8.65. The van der Waals surface area contributed by atoms with Crippen LogP contribution in [0, 0.1) is 0 Å². The Morgan fingerprint density at radius 1 is 1.39 bits per heavy atom. The Labute approximate surface area is 166 Å². The number of hydrogen-bond acceptors (Lipinski definition) is 7. The topological polar surface area (TPSA) is 123 Å². The molecule has 1 saturated heterocycles. The van der Waals surface area contributed by atoms with Crippen LogP contribution in [0.25, 0.3) is 21.2 Å². The molecular formula is C17H19ClN6O4. The van der Waals surface area contributed by atoms with Crippen LogP contribution in [-0.2, 0) is 15.0 Å². The molecule has 3 rings (SSSR count). The van der Waals surface area contributed by atoms with Gasteiger partial charge in [-0.15, -0.1) is 0 Å². The minimum atomic E-state index is -0.990. The Balaban J connectivity index is 1.97. The number of methoxy groups -OCH3 is 2. The molecular weight excluding hydrogens is 388 g/mol. The van der Waals surface area contributed by atoms with Gasteiger partial charge in [0.15, 0.2) is 0 Å². The molecule has 0 saturated carbocycles. The molecule has 0 aromatic carbocycles. The molecule has 1 atom stereocenters. The maximum atomic E-state index is 11.5. The van der Waals surface area contributed by atoms with Crippen LogP contribution in [-0.4, -0.2) is 61.0 Å². The third-order valence-corrected chi connectivity index (χ3v) is 4.74. The van der Waals surface area contributed by atoms with Gasteiger partial charge in [0.1, 0.15) is 11.3 Å². The van der Waals surface area contributed by atoms with Gasteiger partial charge in [0, 0.05) is 24.4 Å². The third kappa shape index (κ3) is 3.75. The smallest absolute Gasteiger partial charge is 0.409 e. The summed E-state index contributed by atoms with van der Waals surface area (Å²) >= 11 is 6.10. The van der Waals surface area contributed by atoms with Crippen molar-refractivity contribution >= 4 is 28.5 Å². The summed E-state index contributed by atoms with van der Waals surface area (Å²) in [6.45, 7) is 2.71. The molecule has 0 bridgehead atoms. The minimum absolute atomic E-state index is 0.157. The molecule has 1 unspecified atom stereocenters. The van der Waals surface area contributed by atoms with Crippen molar-refractivity contribution in [1.82, 2.24) is 14.9 Å². The molecule has 3 heterocycles. The van der Waals surface area contributed by atoms with Crippen molar-refractivity contribution in [3.8, 4) is 5.88 Å². The number of aromatic nitrogens is 2. The SMILES string of the molecule is COCC(C)(N=[N+]=[N-])c1cnc(OC2CN(C(=O)OC)C2)c2cnc(Cl)cc12. The number of rotatable bonds is 6. The van der Waals surface area contributed by atoms with Crippen LogP contribution in [0.2, 0.25) is 5.15 Å². The summed E-state index contributed by atoms with van der Waals surface area (Å²) in [6, 6.07) is 1.67. The fraction of sp³-hybridized carbons (Fsp3) is 0.471.